The van der Waals surface area contributed by atoms with Gasteiger partial charge < -0.3 is 10.1 Å². The van der Waals surface area contributed by atoms with Gasteiger partial charge in [0.25, 0.3) is 0 Å². The summed E-state index contributed by atoms with van der Waals surface area (Å²) in [6.45, 7) is 2.47. The molecular weight excluding hydrogens is 324 g/mol. The van der Waals surface area contributed by atoms with Crippen LogP contribution in [0.2, 0.25) is 0 Å². The van der Waals surface area contributed by atoms with E-state index in [-0.39, 0.29) is 11.6 Å². The normalized spacial score (nSPS) is 26.5. The number of nitriles is 3. The van der Waals surface area contributed by atoms with Gasteiger partial charge in [-0.05, 0) is 55.4 Å². The molecule has 0 spiro atoms. The summed E-state index contributed by atoms with van der Waals surface area (Å²) in [5.74, 6) is -0.564. The molecule has 26 heavy (non-hydrogen) atoms. The Balaban J connectivity index is 2.16. The number of benzene rings is 1. The maximum atomic E-state index is 9.92. The molecule has 2 aliphatic rings. The zero-order valence-corrected chi connectivity index (χ0v) is 14.7. The Bertz CT molecular complexity index is 849. The number of allylic oxidation sites excluding steroid dienone is 2. The highest BCUT2D eigenvalue weighted by Crippen LogP contribution is 2.55. The van der Waals surface area contributed by atoms with Crippen molar-refractivity contribution in [3.8, 4) is 24.0 Å². The molecule has 0 aliphatic heterocycles. The molecule has 1 aromatic rings. The monoisotopic (exact) mass is 344 g/mol. The number of ether oxygens (including phenoxy) is 1. The van der Waals surface area contributed by atoms with Crippen LogP contribution in [0.5, 0.6) is 5.75 Å². The average Bonchev–Trinajstić information content (AvgIpc) is 2.68. The van der Waals surface area contributed by atoms with Crippen LogP contribution >= 0.6 is 0 Å². The average molecular weight is 344 g/mol. The molecule has 0 aromatic heterocycles. The Morgan fingerprint density at radius 3 is 2.46 bits per heavy atom. The van der Waals surface area contributed by atoms with Crippen molar-refractivity contribution in [2.24, 2.45) is 17.3 Å². The summed E-state index contributed by atoms with van der Waals surface area (Å²) in [6, 6.07) is 13.8. The second kappa shape index (κ2) is 7.03. The first-order valence-corrected chi connectivity index (χ1v) is 8.86. The molecule has 5 nitrogen and oxygen atoms in total. The van der Waals surface area contributed by atoms with Gasteiger partial charge in [-0.3, -0.25) is 0 Å². The Morgan fingerprint density at radius 2 is 1.88 bits per heavy atom. The Labute approximate surface area is 153 Å². The van der Waals surface area contributed by atoms with Crippen LogP contribution in [-0.4, -0.2) is 12.3 Å². The van der Waals surface area contributed by atoms with E-state index < -0.39 is 17.3 Å². The minimum Gasteiger partial charge on any atom is -0.494 e. The summed E-state index contributed by atoms with van der Waals surface area (Å²) < 4.78 is 5.49. The number of hydrogen-bond acceptors (Lipinski definition) is 5. The lowest BCUT2D eigenvalue weighted by molar-refractivity contribution is 0.318. The standard InChI is InChI=1S/C21H20N4O/c1-2-26-15-9-7-14(8-10-15)19-17-6-4-3-5-16(17)18(11-22)20(25)21(19,12-23)13-24/h5,7-10,17-19,25H,2-4,6H2,1H3/t17-,18+,19+/m1/s1. The van der Waals surface area contributed by atoms with Crippen LogP contribution in [0.1, 0.15) is 37.7 Å². The first-order chi connectivity index (χ1) is 12.6. The van der Waals surface area contributed by atoms with E-state index in [0.29, 0.717) is 6.61 Å². The second-order valence-electron chi connectivity index (χ2n) is 6.73. The summed E-state index contributed by atoms with van der Waals surface area (Å²) in [7, 11) is 0. The summed E-state index contributed by atoms with van der Waals surface area (Å²) in [5.41, 5.74) is 0.0416. The van der Waals surface area contributed by atoms with Gasteiger partial charge in [-0.1, -0.05) is 18.2 Å². The smallest absolute Gasteiger partial charge is 0.189 e. The van der Waals surface area contributed by atoms with E-state index in [0.717, 1.165) is 36.1 Å². The van der Waals surface area contributed by atoms with Gasteiger partial charge in [-0.25, -0.2) is 0 Å². The number of fused-ring (bicyclic) bond motifs is 1. The van der Waals surface area contributed by atoms with Crippen LogP contribution < -0.4 is 4.74 Å². The van der Waals surface area contributed by atoms with Crippen molar-refractivity contribution in [3.63, 3.8) is 0 Å². The molecule has 3 atom stereocenters. The molecule has 1 fully saturated rings. The van der Waals surface area contributed by atoms with Gasteiger partial charge in [0.1, 0.15) is 11.7 Å². The maximum absolute atomic E-state index is 9.92. The van der Waals surface area contributed by atoms with Crippen molar-refractivity contribution in [2.75, 3.05) is 6.61 Å². The van der Waals surface area contributed by atoms with E-state index in [1.807, 2.05) is 37.3 Å². The van der Waals surface area contributed by atoms with E-state index in [1.165, 1.54) is 0 Å². The predicted octanol–water partition coefficient (Wildman–Crippen LogP) is 4.10. The van der Waals surface area contributed by atoms with E-state index in [2.05, 4.69) is 18.2 Å². The van der Waals surface area contributed by atoms with Gasteiger partial charge >= 0.3 is 0 Å². The van der Waals surface area contributed by atoms with Crippen molar-refractivity contribution < 1.29 is 4.74 Å². The van der Waals surface area contributed by atoms with Crippen LogP contribution in [0.15, 0.2) is 35.9 Å². The van der Waals surface area contributed by atoms with E-state index in [9.17, 15) is 15.8 Å². The number of rotatable bonds is 3. The lowest BCUT2D eigenvalue weighted by Gasteiger charge is -2.45. The molecule has 1 saturated carbocycles. The third kappa shape index (κ3) is 2.56. The first-order valence-electron chi connectivity index (χ1n) is 8.86. The number of nitrogens with zero attached hydrogens (tertiary/aromatic N) is 3. The second-order valence-corrected chi connectivity index (χ2v) is 6.73. The van der Waals surface area contributed by atoms with Crippen molar-refractivity contribution >= 4 is 5.71 Å². The minimum atomic E-state index is -1.62. The summed E-state index contributed by atoms with van der Waals surface area (Å²) in [4.78, 5) is 0. The molecule has 0 saturated heterocycles. The molecule has 2 aliphatic carbocycles. The van der Waals surface area contributed by atoms with Gasteiger partial charge in [-0.2, -0.15) is 15.8 Å². The third-order valence-corrected chi connectivity index (χ3v) is 5.48. The quantitative estimate of drug-likeness (QED) is 0.833. The van der Waals surface area contributed by atoms with Crippen LogP contribution in [0.25, 0.3) is 0 Å². The van der Waals surface area contributed by atoms with Crippen molar-refractivity contribution in [2.45, 2.75) is 32.1 Å². The highest BCUT2D eigenvalue weighted by Gasteiger charge is 2.57. The van der Waals surface area contributed by atoms with Gasteiger partial charge in [0.2, 0.25) is 0 Å². The topological polar surface area (TPSA) is 104 Å². The van der Waals surface area contributed by atoms with Crippen LogP contribution in [0, 0.1) is 56.7 Å². The number of hydrogen-bond donors (Lipinski definition) is 1. The lowest BCUT2D eigenvalue weighted by atomic mass is 9.53. The highest BCUT2D eigenvalue weighted by molar-refractivity contribution is 6.00. The maximum Gasteiger partial charge on any atom is 0.189 e. The van der Waals surface area contributed by atoms with Crippen molar-refractivity contribution in [3.05, 3.63) is 41.5 Å². The molecular formula is C21H20N4O. The SMILES string of the molecule is CCOc1ccc([C@H]2[C@@H]3CCCC=C3[C@H](C#N)C(=N)C2(C#N)C#N)cc1. The molecule has 1 aromatic carbocycles. The number of nitrogens with one attached hydrogen (secondary N) is 1. The van der Waals surface area contributed by atoms with Gasteiger partial charge in [-0.15, -0.1) is 0 Å². The Kier molecular flexibility index (Phi) is 4.79. The zero-order valence-electron chi connectivity index (χ0n) is 14.7. The molecule has 0 amide bonds. The fraction of sp³-hybridized carbons (Fsp3) is 0.429. The Hall–Kier alpha value is -3.10. The van der Waals surface area contributed by atoms with Gasteiger partial charge in [0.15, 0.2) is 5.41 Å². The predicted molar refractivity (Wildman–Crippen MR) is 96.3 cm³/mol. The van der Waals surface area contributed by atoms with Crippen molar-refractivity contribution in [1.29, 1.82) is 21.2 Å². The minimum absolute atomic E-state index is 0.0697. The van der Waals surface area contributed by atoms with Crippen LogP contribution in [-0.2, 0) is 0 Å². The molecule has 0 bridgehead atoms. The third-order valence-electron chi connectivity index (χ3n) is 5.48. The molecule has 5 heteroatoms. The van der Waals surface area contributed by atoms with Gasteiger partial charge in [0, 0.05) is 5.92 Å². The lowest BCUT2D eigenvalue weighted by Crippen LogP contribution is -2.48. The van der Waals surface area contributed by atoms with Crippen molar-refractivity contribution in [1.82, 2.24) is 0 Å². The van der Waals surface area contributed by atoms with Crippen LogP contribution in [0.3, 0.4) is 0 Å². The molecule has 0 heterocycles. The summed E-state index contributed by atoms with van der Waals surface area (Å²) in [5, 5.41) is 38.0. The molecule has 0 unspecified atom stereocenters. The van der Waals surface area contributed by atoms with E-state index in [1.54, 1.807) is 0 Å². The molecule has 0 radical (unpaired) electrons. The largest absolute Gasteiger partial charge is 0.494 e. The molecule has 130 valence electrons. The molecule has 1 N–H and O–H groups in total. The van der Waals surface area contributed by atoms with Crippen LogP contribution in [0.4, 0.5) is 0 Å². The fourth-order valence-electron chi connectivity index (χ4n) is 4.32. The highest BCUT2D eigenvalue weighted by atomic mass is 16.5. The van der Waals surface area contributed by atoms with Gasteiger partial charge in [0.05, 0.1) is 30.5 Å². The Morgan fingerprint density at radius 1 is 1.19 bits per heavy atom. The zero-order chi connectivity index (χ0) is 18.7. The molecule has 3 rings (SSSR count). The fourth-order valence-corrected chi connectivity index (χ4v) is 4.32. The summed E-state index contributed by atoms with van der Waals surface area (Å²) >= 11 is 0. The van der Waals surface area contributed by atoms with E-state index >= 15 is 0 Å². The first kappa shape index (κ1) is 17.7. The van der Waals surface area contributed by atoms with E-state index in [4.69, 9.17) is 10.1 Å². The summed E-state index contributed by atoms with van der Waals surface area (Å²) in [6.07, 6.45) is 4.69.